The van der Waals surface area contributed by atoms with Crippen LogP contribution in [0, 0.1) is 11.8 Å². The number of hydrogen-bond donors (Lipinski definition) is 1. The summed E-state index contributed by atoms with van der Waals surface area (Å²) in [7, 11) is 1.64. The van der Waals surface area contributed by atoms with Gasteiger partial charge in [-0.25, -0.2) is 0 Å². The Kier molecular flexibility index (Phi) is 3.09. The van der Waals surface area contributed by atoms with Crippen molar-refractivity contribution in [1.29, 1.82) is 0 Å². The Morgan fingerprint density at radius 3 is 2.69 bits per heavy atom. The molecule has 0 heterocycles. The van der Waals surface area contributed by atoms with Gasteiger partial charge in [0.2, 0.25) is 0 Å². The molecule has 0 unspecified atom stereocenters. The maximum absolute atomic E-state index is 5.72. The van der Waals surface area contributed by atoms with Crippen LogP contribution in [0.25, 0.3) is 10.8 Å². The minimum atomic E-state index is 0.458. The highest BCUT2D eigenvalue weighted by Crippen LogP contribution is 2.18. The Hall–Kier alpha value is -1.98. The van der Waals surface area contributed by atoms with Crippen molar-refractivity contribution in [3.8, 4) is 11.8 Å². The van der Waals surface area contributed by atoms with Gasteiger partial charge >= 0.3 is 0 Å². The van der Waals surface area contributed by atoms with Crippen LogP contribution in [0.1, 0.15) is 5.56 Å². The van der Waals surface area contributed by atoms with E-state index in [1.165, 1.54) is 0 Å². The van der Waals surface area contributed by atoms with Gasteiger partial charge in [-0.1, -0.05) is 24.0 Å². The molecule has 0 spiro atoms. The molecule has 0 fully saturated rings. The third-order valence-electron chi connectivity index (χ3n) is 2.31. The summed E-state index contributed by atoms with van der Waals surface area (Å²) in [5.74, 6) is 5.98. The van der Waals surface area contributed by atoms with E-state index in [0.717, 1.165) is 22.0 Å². The van der Waals surface area contributed by atoms with E-state index in [9.17, 15) is 0 Å². The normalized spacial score (nSPS) is 9.81. The smallest absolute Gasteiger partial charge is 0.107 e. The Morgan fingerprint density at radius 2 is 1.88 bits per heavy atom. The van der Waals surface area contributed by atoms with Crippen LogP contribution in [-0.4, -0.2) is 13.7 Å². The molecule has 2 nitrogen and oxygen atoms in total. The fourth-order valence-corrected chi connectivity index (χ4v) is 1.55. The topological polar surface area (TPSA) is 35.2 Å². The molecule has 0 saturated carbocycles. The van der Waals surface area contributed by atoms with Crippen molar-refractivity contribution in [2.24, 2.45) is 0 Å². The second-order valence-electron chi connectivity index (χ2n) is 3.56. The third-order valence-corrected chi connectivity index (χ3v) is 2.31. The van der Waals surface area contributed by atoms with E-state index in [1.54, 1.807) is 7.11 Å². The van der Waals surface area contributed by atoms with Crippen LogP contribution in [0.4, 0.5) is 5.69 Å². The Labute approximate surface area is 95.0 Å². The lowest BCUT2D eigenvalue weighted by Gasteiger charge is -1.99. The van der Waals surface area contributed by atoms with Crippen LogP contribution >= 0.6 is 0 Å². The van der Waals surface area contributed by atoms with Crippen LogP contribution < -0.4 is 5.73 Å². The molecular formula is C14H13NO. The van der Waals surface area contributed by atoms with Gasteiger partial charge in [0.15, 0.2) is 0 Å². The van der Waals surface area contributed by atoms with Gasteiger partial charge in [-0.05, 0) is 35.0 Å². The summed E-state index contributed by atoms with van der Waals surface area (Å²) in [5.41, 5.74) is 7.49. The number of hydrogen-bond acceptors (Lipinski definition) is 2. The molecule has 0 atom stereocenters. The number of nitrogens with two attached hydrogens (primary N) is 1. The lowest BCUT2D eigenvalue weighted by Crippen LogP contribution is -1.85. The zero-order chi connectivity index (χ0) is 11.4. The molecule has 0 aromatic heterocycles. The van der Waals surface area contributed by atoms with Crippen molar-refractivity contribution in [3.05, 3.63) is 42.0 Å². The van der Waals surface area contributed by atoms with Crippen LogP contribution in [0.5, 0.6) is 0 Å². The third kappa shape index (κ3) is 2.33. The number of ether oxygens (including phenoxy) is 1. The number of benzene rings is 2. The molecular weight excluding hydrogens is 198 g/mol. The largest absolute Gasteiger partial charge is 0.399 e. The average molecular weight is 211 g/mol. The Morgan fingerprint density at radius 1 is 1.12 bits per heavy atom. The Bertz CT molecular complexity index is 564. The first kappa shape index (κ1) is 10.5. The molecule has 16 heavy (non-hydrogen) atoms. The Balaban J connectivity index is 2.38. The maximum atomic E-state index is 5.72. The van der Waals surface area contributed by atoms with E-state index < -0.39 is 0 Å². The number of nitrogen functional groups attached to an aromatic ring is 1. The number of anilines is 1. The molecule has 2 heteroatoms. The van der Waals surface area contributed by atoms with Gasteiger partial charge in [-0.15, -0.1) is 0 Å². The first-order chi connectivity index (χ1) is 7.79. The van der Waals surface area contributed by atoms with Gasteiger partial charge in [0.05, 0.1) is 0 Å². The predicted octanol–water partition coefficient (Wildman–Crippen LogP) is 2.42. The molecule has 0 aliphatic carbocycles. The van der Waals surface area contributed by atoms with E-state index in [0.29, 0.717) is 6.61 Å². The number of methoxy groups -OCH3 is 1. The van der Waals surface area contributed by atoms with Crippen molar-refractivity contribution >= 4 is 16.5 Å². The summed E-state index contributed by atoms with van der Waals surface area (Å²) < 4.78 is 4.88. The lowest BCUT2D eigenvalue weighted by atomic mass is 10.1. The molecule has 2 aromatic carbocycles. The summed E-state index contributed by atoms with van der Waals surface area (Å²) in [5, 5.41) is 2.29. The lowest BCUT2D eigenvalue weighted by molar-refractivity contribution is 0.240. The van der Waals surface area contributed by atoms with Crippen molar-refractivity contribution in [1.82, 2.24) is 0 Å². The summed E-state index contributed by atoms with van der Waals surface area (Å²) >= 11 is 0. The van der Waals surface area contributed by atoms with Crippen LogP contribution in [0.2, 0.25) is 0 Å². The highest BCUT2D eigenvalue weighted by atomic mass is 16.5. The van der Waals surface area contributed by atoms with Gasteiger partial charge in [-0.2, -0.15) is 0 Å². The van der Waals surface area contributed by atoms with Gasteiger partial charge in [0, 0.05) is 18.4 Å². The second kappa shape index (κ2) is 4.69. The van der Waals surface area contributed by atoms with Gasteiger partial charge < -0.3 is 10.5 Å². The molecule has 0 radical (unpaired) electrons. The summed E-state index contributed by atoms with van der Waals surface area (Å²) in [4.78, 5) is 0. The molecule has 0 saturated heterocycles. The number of fused-ring (bicyclic) bond motifs is 1. The van der Waals surface area contributed by atoms with Gasteiger partial charge in [-0.3, -0.25) is 0 Å². The van der Waals surface area contributed by atoms with Crippen LogP contribution in [0.15, 0.2) is 36.4 Å². The zero-order valence-electron chi connectivity index (χ0n) is 9.16. The SMILES string of the molecule is COCC#Cc1ccc2cc(N)ccc2c1. The number of rotatable bonds is 1. The summed E-state index contributed by atoms with van der Waals surface area (Å²) in [6.45, 7) is 0.458. The highest BCUT2D eigenvalue weighted by molar-refractivity contribution is 5.86. The highest BCUT2D eigenvalue weighted by Gasteiger charge is 1.94. The first-order valence-electron chi connectivity index (χ1n) is 5.07. The standard InChI is InChI=1S/C14H13NO/c1-16-8-2-3-11-4-5-13-10-14(15)7-6-12(13)9-11/h4-7,9-10H,8,15H2,1H3. The monoisotopic (exact) mass is 211 g/mol. The van der Waals surface area contributed by atoms with Crippen molar-refractivity contribution in [2.45, 2.75) is 0 Å². The molecule has 80 valence electrons. The van der Waals surface area contributed by atoms with E-state index in [2.05, 4.69) is 17.9 Å². The molecule has 2 N–H and O–H groups in total. The van der Waals surface area contributed by atoms with Gasteiger partial charge in [0.25, 0.3) is 0 Å². The maximum Gasteiger partial charge on any atom is 0.107 e. The second-order valence-corrected chi connectivity index (χ2v) is 3.56. The van der Waals surface area contributed by atoms with Crippen molar-refractivity contribution in [3.63, 3.8) is 0 Å². The van der Waals surface area contributed by atoms with E-state index >= 15 is 0 Å². The molecule has 0 aliphatic rings. The first-order valence-corrected chi connectivity index (χ1v) is 5.07. The molecule has 0 bridgehead atoms. The molecule has 2 aromatic rings. The zero-order valence-corrected chi connectivity index (χ0v) is 9.16. The fourth-order valence-electron chi connectivity index (χ4n) is 1.55. The average Bonchev–Trinajstić information content (AvgIpc) is 2.29. The molecule has 2 rings (SSSR count). The van der Waals surface area contributed by atoms with Crippen LogP contribution in [0.3, 0.4) is 0 Å². The van der Waals surface area contributed by atoms with Crippen molar-refractivity contribution < 1.29 is 4.74 Å². The van der Waals surface area contributed by atoms with Gasteiger partial charge in [0.1, 0.15) is 6.61 Å². The van der Waals surface area contributed by atoms with E-state index in [4.69, 9.17) is 10.5 Å². The fraction of sp³-hybridized carbons (Fsp3) is 0.143. The predicted molar refractivity (Wildman–Crippen MR) is 67.1 cm³/mol. The minimum absolute atomic E-state index is 0.458. The van der Waals surface area contributed by atoms with Crippen molar-refractivity contribution in [2.75, 3.05) is 19.5 Å². The molecule has 0 amide bonds. The summed E-state index contributed by atoms with van der Waals surface area (Å²) in [6, 6.07) is 11.9. The quantitative estimate of drug-likeness (QED) is 0.580. The summed E-state index contributed by atoms with van der Waals surface area (Å²) in [6.07, 6.45) is 0. The van der Waals surface area contributed by atoms with E-state index in [-0.39, 0.29) is 0 Å². The van der Waals surface area contributed by atoms with E-state index in [1.807, 2.05) is 30.3 Å². The minimum Gasteiger partial charge on any atom is -0.399 e. The van der Waals surface area contributed by atoms with Crippen LogP contribution in [-0.2, 0) is 4.74 Å². The molecule has 0 aliphatic heterocycles.